The lowest BCUT2D eigenvalue weighted by Crippen LogP contribution is -2.33. The molecule has 7 heteroatoms. The van der Waals surface area contributed by atoms with Gasteiger partial charge in [0.2, 0.25) is 0 Å². The van der Waals surface area contributed by atoms with Gasteiger partial charge in [-0.05, 0) is 32.6 Å². The molecule has 2 rings (SSSR count). The summed E-state index contributed by atoms with van der Waals surface area (Å²) in [5.41, 5.74) is 1.61. The van der Waals surface area contributed by atoms with Crippen molar-refractivity contribution in [3.63, 3.8) is 0 Å². The Balaban J connectivity index is 2.24. The van der Waals surface area contributed by atoms with E-state index in [1.807, 2.05) is 20.8 Å². The molecule has 0 aliphatic heterocycles. The number of rotatable bonds is 9. The van der Waals surface area contributed by atoms with Gasteiger partial charge < -0.3 is 5.32 Å². The zero-order valence-electron chi connectivity index (χ0n) is 13.1. The highest BCUT2D eigenvalue weighted by Gasteiger charge is 2.30. The van der Waals surface area contributed by atoms with Crippen molar-refractivity contribution in [2.24, 2.45) is 0 Å². The molecule has 1 aromatic heterocycles. The average molecular weight is 314 g/mol. The van der Waals surface area contributed by atoms with E-state index in [4.69, 9.17) is 0 Å². The fraction of sp³-hybridized carbons (Fsp3) is 0.786. The number of aromatic nitrogens is 2. The van der Waals surface area contributed by atoms with Crippen LogP contribution in [0.15, 0.2) is 5.03 Å². The van der Waals surface area contributed by atoms with Crippen LogP contribution in [0.1, 0.15) is 50.8 Å². The second-order valence-corrected chi connectivity index (χ2v) is 7.54. The Morgan fingerprint density at radius 2 is 1.90 bits per heavy atom. The third-order valence-electron chi connectivity index (χ3n) is 3.71. The minimum Gasteiger partial charge on any atom is -0.310 e. The van der Waals surface area contributed by atoms with E-state index in [2.05, 4.69) is 15.5 Å². The third kappa shape index (κ3) is 3.84. The summed E-state index contributed by atoms with van der Waals surface area (Å²) >= 11 is 0. The number of hydrogen-bond acceptors (Lipinski definition) is 4. The van der Waals surface area contributed by atoms with Crippen LogP contribution >= 0.6 is 0 Å². The second kappa shape index (κ2) is 6.89. The molecule has 6 nitrogen and oxygen atoms in total. The second-order valence-electron chi connectivity index (χ2n) is 5.69. The zero-order valence-corrected chi connectivity index (χ0v) is 14.0. The van der Waals surface area contributed by atoms with Crippen molar-refractivity contribution in [1.29, 1.82) is 0 Å². The van der Waals surface area contributed by atoms with Crippen LogP contribution < -0.4 is 5.32 Å². The van der Waals surface area contributed by atoms with Crippen molar-refractivity contribution in [1.82, 2.24) is 19.8 Å². The molecule has 0 radical (unpaired) electrons. The van der Waals surface area contributed by atoms with Crippen molar-refractivity contribution in [2.45, 2.75) is 64.1 Å². The van der Waals surface area contributed by atoms with E-state index in [0.717, 1.165) is 24.1 Å². The lowest BCUT2D eigenvalue weighted by molar-refractivity contribution is 0.407. The molecule has 0 spiro atoms. The summed E-state index contributed by atoms with van der Waals surface area (Å²) < 4.78 is 27.2. The van der Waals surface area contributed by atoms with Crippen molar-refractivity contribution >= 4 is 10.0 Å². The first-order valence-electron chi connectivity index (χ1n) is 7.78. The summed E-state index contributed by atoms with van der Waals surface area (Å²) in [6, 6.07) is 0.539. The molecule has 1 aromatic rings. The maximum Gasteiger partial charge on any atom is 0.262 e. The van der Waals surface area contributed by atoms with Crippen LogP contribution in [0.2, 0.25) is 0 Å². The lowest BCUT2D eigenvalue weighted by atomic mass is 10.2. The highest BCUT2D eigenvalue weighted by molar-refractivity contribution is 7.89. The van der Waals surface area contributed by atoms with Crippen LogP contribution in [-0.4, -0.2) is 42.1 Å². The maximum atomic E-state index is 12.8. The number of aromatic amines is 1. The molecule has 1 aliphatic carbocycles. The summed E-state index contributed by atoms with van der Waals surface area (Å²) in [5, 5.41) is 10.5. The molecule has 21 heavy (non-hydrogen) atoms. The fourth-order valence-electron chi connectivity index (χ4n) is 2.36. The molecule has 1 aliphatic rings. The van der Waals surface area contributed by atoms with Crippen molar-refractivity contribution in [3.8, 4) is 0 Å². The topological polar surface area (TPSA) is 78.1 Å². The van der Waals surface area contributed by atoms with Gasteiger partial charge in [-0.15, -0.1) is 0 Å². The number of sulfonamides is 1. The number of aryl methyl sites for hydroxylation is 1. The summed E-state index contributed by atoms with van der Waals surface area (Å²) in [7, 11) is -3.51. The van der Waals surface area contributed by atoms with E-state index >= 15 is 0 Å². The smallest absolute Gasteiger partial charge is 0.262 e. The van der Waals surface area contributed by atoms with Gasteiger partial charge in [0, 0.05) is 36.9 Å². The maximum absolute atomic E-state index is 12.8. The number of nitrogens with one attached hydrogen (secondary N) is 2. The summed E-state index contributed by atoms with van der Waals surface area (Å²) in [4.78, 5) is 0. The molecule has 0 atom stereocenters. The highest BCUT2D eigenvalue weighted by Crippen LogP contribution is 2.24. The van der Waals surface area contributed by atoms with Crippen molar-refractivity contribution < 1.29 is 8.42 Å². The summed E-state index contributed by atoms with van der Waals surface area (Å²) in [6.45, 7) is 7.50. The molecule has 0 amide bonds. The van der Waals surface area contributed by atoms with E-state index in [1.54, 1.807) is 4.31 Å². The molecule has 1 heterocycles. The van der Waals surface area contributed by atoms with Gasteiger partial charge in [-0.25, -0.2) is 8.42 Å². The van der Waals surface area contributed by atoms with Crippen LogP contribution in [-0.2, 0) is 16.6 Å². The Morgan fingerprint density at radius 3 is 2.43 bits per heavy atom. The predicted octanol–water partition coefficient (Wildman–Crippen LogP) is 1.78. The van der Waals surface area contributed by atoms with Gasteiger partial charge in [0.25, 0.3) is 10.0 Å². The van der Waals surface area contributed by atoms with Gasteiger partial charge >= 0.3 is 0 Å². The average Bonchev–Trinajstić information content (AvgIpc) is 3.19. The van der Waals surface area contributed by atoms with Crippen LogP contribution in [0.3, 0.4) is 0 Å². The first kappa shape index (κ1) is 16.5. The third-order valence-corrected chi connectivity index (χ3v) is 5.58. The van der Waals surface area contributed by atoms with Crippen LogP contribution in [0.4, 0.5) is 0 Å². The molecule has 0 saturated heterocycles. The number of H-pyrrole nitrogens is 1. The van der Waals surface area contributed by atoms with Gasteiger partial charge in [0.15, 0.2) is 5.03 Å². The largest absolute Gasteiger partial charge is 0.310 e. The fourth-order valence-corrected chi connectivity index (χ4v) is 4.15. The lowest BCUT2D eigenvalue weighted by Gasteiger charge is -2.20. The molecule has 120 valence electrons. The minimum absolute atomic E-state index is 0.190. The molecule has 0 aromatic carbocycles. The highest BCUT2D eigenvalue weighted by atomic mass is 32.2. The Bertz CT molecular complexity index is 558. The molecule has 1 saturated carbocycles. The molecule has 0 unspecified atom stereocenters. The van der Waals surface area contributed by atoms with Gasteiger partial charge in [-0.3, -0.25) is 5.10 Å². The molecular formula is C14H26N4O2S. The zero-order chi connectivity index (χ0) is 15.5. The summed E-state index contributed by atoms with van der Waals surface area (Å²) in [6.07, 6.45) is 3.96. The quantitative estimate of drug-likeness (QED) is 0.728. The Kier molecular flexibility index (Phi) is 5.40. The van der Waals surface area contributed by atoms with Crippen LogP contribution in [0.25, 0.3) is 0 Å². The van der Waals surface area contributed by atoms with E-state index in [1.165, 1.54) is 12.8 Å². The van der Waals surface area contributed by atoms with Gasteiger partial charge in [-0.1, -0.05) is 13.8 Å². The Labute approximate surface area is 127 Å². The van der Waals surface area contributed by atoms with E-state index in [0.29, 0.717) is 25.7 Å². The summed E-state index contributed by atoms with van der Waals surface area (Å²) in [5.74, 6) is 0. The molecular weight excluding hydrogens is 288 g/mol. The van der Waals surface area contributed by atoms with Gasteiger partial charge in [-0.2, -0.15) is 9.40 Å². The number of hydrogen-bond donors (Lipinski definition) is 2. The SMILES string of the molecule is CCCN(CCC)S(=O)(=O)c1n[nH]c(C)c1CNC1CC1. The Morgan fingerprint density at radius 1 is 1.29 bits per heavy atom. The van der Waals surface area contributed by atoms with E-state index in [9.17, 15) is 8.42 Å². The van der Waals surface area contributed by atoms with E-state index in [-0.39, 0.29) is 5.03 Å². The van der Waals surface area contributed by atoms with Crippen LogP contribution in [0, 0.1) is 6.92 Å². The van der Waals surface area contributed by atoms with Crippen molar-refractivity contribution in [2.75, 3.05) is 13.1 Å². The standard InChI is InChI=1S/C14H26N4O2S/c1-4-8-18(9-5-2)21(19,20)14-13(11(3)16-17-14)10-15-12-6-7-12/h12,15H,4-10H2,1-3H3,(H,16,17). The first-order valence-corrected chi connectivity index (χ1v) is 9.22. The molecule has 1 fully saturated rings. The first-order chi connectivity index (χ1) is 10.0. The normalized spacial score (nSPS) is 15.8. The van der Waals surface area contributed by atoms with E-state index < -0.39 is 10.0 Å². The van der Waals surface area contributed by atoms with Gasteiger partial charge in [0.1, 0.15) is 0 Å². The molecule has 2 N–H and O–H groups in total. The van der Waals surface area contributed by atoms with Gasteiger partial charge in [0.05, 0.1) is 0 Å². The Hall–Kier alpha value is -0.920. The van der Waals surface area contributed by atoms with Crippen LogP contribution in [0.5, 0.6) is 0 Å². The predicted molar refractivity (Wildman–Crippen MR) is 82.5 cm³/mol. The molecule has 0 bridgehead atoms. The minimum atomic E-state index is -3.51. The monoisotopic (exact) mass is 314 g/mol. The number of nitrogens with zero attached hydrogens (tertiary/aromatic N) is 2. The van der Waals surface area contributed by atoms with Crippen molar-refractivity contribution in [3.05, 3.63) is 11.3 Å².